The van der Waals surface area contributed by atoms with Gasteiger partial charge in [-0.15, -0.1) is 0 Å². The lowest BCUT2D eigenvalue weighted by Gasteiger charge is -2.25. The summed E-state index contributed by atoms with van der Waals surface area (Å²) in [5.41, 5.74) is 6.40. The Kier molecular flexibility index (Phi) is 4.99. The minimum absolute atomic E-state index is 0.152. The summed E-state index contributed by atoms with van der Waals surface area (Å²) in [6.45, 7) is 1.63. The molecule has 1 fully saturated rings. The van der Waals surface area contributed by atoms with Crippen molar-refractivity contribution < 1.29 is 22.7 Å². The third-order valence-corrected chi connectivity index (χ3v) is 7.03. The molecule has 4 rings (SSSR count). The van der Waals surface area contributed by atoms with Crippen LogP contribution in [0.4, 0.5) is 0 Å². The van der Waals surface area contributed by atoms with Crippen molar-refractivity contribution in [2.45, 2.75) is 30.2 Å². The smallest absolute Gasteiger partial charge is 0.248 e. The molecule has 28 heavy (non-hydrogen) atoms. The van der Waals surface area contributed by atoms with E-state index in [0.29, 0.717) is 31.3 Å². The van der Waals surface area contributed by atoms with Crippen LogP contribution in [0.25, 0.3) is 0 Å². The highest BCUT2D eigenvalue weighted by atomic mass is 32.2. The first kappa shape index (κ1) is 18.8. The number of sulfonamides is 1. The van der Waals surface area contributed by atoms with Crippen LogP contribution in [0.5, 0.6) is 11.5 Å². The quantitative estimate of drug-likeness (QED) is 0.847. The van der Waals surface area contributed by atoms with Gasteiger partial charge < -0.3 is 15.2 Å². The maximum atomic E-state index is 13.2. The van der Waals surface area contributed by atoms with E-state index in [0.717, 1.165) is 24.8 Å². The average Bonchev–Trinajstić information content (AvgIpc) is 3.08. The van der Waals surface area contributed by atoms with Gasteiger partial charge in [0.2, 0.25) is 15.9 Å². The Labute approximate surface area is 164 Å². The second-order valence-electron chi connectivity index (χ2n) is 6.92. The van der Waals surface area contributed by atoms with Gasteiger partial charge in [-0.3, -0.25) is 4.79 Å². The summed E-state index contributed by atoms with van der Waals surface area (Å²) in [7, 11) is -3.70. The summed E-state index contributed by atoms with van der Waals surface area (Å²) >= 11 is 0. The predicted octanol–water partition coefficient (Wildman–Crippen LogP) is 2.47. The van der Waals surface area contributed by atoms with Gasteiger partial charge in [0, 0.05) is 18.5 Å². The van der Waals surface area contributed by atoms with Crippen LogP contribution in [-0.4, -0.2) is 38.4 Å². The van der Waals surface area contributed by atoms with Crippen molar-refractivity contribution in [3.8, 4) is 11.5 Å². The number of carbonyl (C=O) groups is 1. The summed E-state index contributed by atoms with van der Waals surface area (Å²) in [5.74, 6) is 0.760. The van der Waals surface area contributed by atoms with Crippen molar-refractivity contribution >= 4 is 15.9 Å². The minimum Gasteiger partial charge on any atom is -0.490 e. The fraction of sp³-hybridized carbons (Fsp3) is 0.350. The largest absolute Gasteiger partial charge is 0.490 e. The summed E-state index contributed by atoms with van der Waals surface area (Å²) in [4.78, 5) is 11.4. The molecule has 1 amide bonds. The molecular formula is C20H22N2O5S. The van der Waals surface area contributed by atoms with Crippen LogP contribution in [0, 0.1) is 0 Å². The summed E-state index contributed by atoms with van der Waals surface area (Å²) in [6, 6.07) is 11.1. The van der Waals surface area contributed by atoms with Gasteiger partial charge in [-0.25, -0.2) is 8.42 Å². The Balaban J connectivity index is 1.64. The van der Waals surface area contributed by atoms with E-state index in [9.17, 15) is 13.2 Å². The minimum atomic E-state index is -3.70. The maximum absolute atomic E-state index is 13.2. The van der Waals surface area contributed by atoms with Crippen molar-refractivity contribution in [1.29, 1.82) is 0 Å². The molecule has 0 radical (unpaired) electrons. The number of benzene rings is 2. The highest BCUT2D eigenvalue weighted by Crippen LogP contribution is 2.40. The Bertz CT molecular complexity index is 988. The molecule has 1 saturated heterocycles. The summed E-state index contributed by atoms with van der Waals surface area (Å²) < 4.78 is 39.3. The van der Waals surface area contributed by atoms with Gasteiger partial charge in [0.05, 0.1) is 24.2 Å². The second-order valence-corrected chi connectivity index (χ2v) is 8.81. The zero-order chi connectivity index (χ0) is 19.7. The van der Waals surface area contributed by atoms with Crippen LogP contribution in [0.1, 0.15) is 41.2 Å². The molecule has 0 aromatic heterocycles. The standard InChI is InChI=1S/C20H22N2O5S/c21-20(23)14-4-7-16(8-5-14)28(24,25)22-10-1-3-17(22)15-6-9-18-19(13-15)27-12-2-11-26-18/h4-9,13,17H,1-3,10-12H2,(H2,21,23). The molecule has 148 valence electrons. The van der Waals surface area contributed by atoms with Crippen LogP contribution >= 0.6 is 0 Å². The van der Waals surface area contributed by atoms with E-state index in [1.165, 1.54) is 28.6 Å². The lowest BCUT2D eigenvalue weighted by atomic mass is 10.0. The van der Waals surface area contributed by atoms with E-state index in [4.69, 9.17) is 15.2 Å². The van der Waals surface area contributed by atoms with E-state index < -0.39 is 15.9 Å². The van der Waals surface area contributed by atoms with Gasteiger partial charge in [-0.2, -0.15) is 4.31 Å². The number of ether oxygens (including phenoxy) is 2. The first-order chi connectivity index (χ1) is 13.5. The number of carbonyl (C=O) groups excluding carboxylic acids is 1. The maximum Gasteiger partial charge on any atom is 0.248 e. The Morgan fingerprint density at radius 3 is 2.43 bits per heavy atom. The normalized spacial score (nSPS) is 19.9. The van der Waals surface area contributed by atoms with Crippen molar-refractivity contribution in [3.05, 3.63) is 53.6 Å². The van der Waals surface area contributed by atoms with E-state index in [1.54, 1.807) is 0 Å². The topological polar surface area (TPSA) is 98.9 Å². The highest BCUT2D eigenvalue weighted by Gasteiger charge is 2.36. The first-order valence-electron chi connectivity index (χ1n) is 9.28. The number of hydrogen-bond acceptors (Lipinski definition) is 5. The summed E-state index contributed by atoms with van der Waals surface area (Å²) in [5, 5.41) is 0. The third-order valence-electron chi connectivity index (χ3n) is 5.11. The predicted molar refractivity (Wildman–Crippen MR) is 103 cm³/mol. The van der Waals surface area contributed by atoms with Crippen molar-refractivity contribution in [2.75, 3.05) is 19.8 Å². The van der Waals surface area contributed by atoms with E-state index in [-0.39, 0.29) is 16.5 Å². The molecule has 7 nitrogen and oxygen atoms in total. The van der Waals surface area contributed by atoms with E-state index in [2.05, 4.69) is 0 Å². The van der Waals surface area contributed by atoms with Crippen LogP contribution in [0.15, 0.2) is 47.4 Å². The van der Waals surface area contributed by atoms with Gasteiger partial charge in [-0.05, 0) is 54.8 Å². The first-order valence-corrected chi connectivity index (χ1v) is 10.7. The van der Waals surface area contributed by atoms with Crippen LogP contribution < -0.4 is 15.2 Å². The molecule has 2 N–H and O–H groups in total. The molecule has 2 heterocycles. The van der Waals surface area contributed by atoms with Crippen LogP contribution in [0.2, 0.25) is 0 Å². The van der Waals surface area contributed by atoms with Gasteiger partial charge in [0.25, 0.3) is 0 Å². The summed E-state index contributed by atoms with van der Waals surface area (Å²) in [6.07, 6.45) is 2.32. The van der Waals surface area contributed by atoms with Crippen LogP contribution in [0.3, 0.4) is 0 Å². The number of fused-ring (bicyclic) bond motifs is 1. The molecule has 2 aromatic carbocycles. The van der Waals surface area contributed by atoms with E-state index >= 15 is 0 Å². The van der Waals surface area contributed by atoms with Crippen molar-refractivity contribution in [1.82, 2.24) is 4.31 Å². The molecule has 0 aliphatic carbocycles. The van der Waals surface area contributed by atoms with Gasteiger partial charge in [-0.1, -0.05) is 6.07 Å². The molecule has 2 aliphatic heterocycles. The lowest BCUT2D eigenvalue weighted by molar-refractivity contribution is 0.1000. The van der Waals surface area contributed by atoms with Crippen LogP contribution in [-0.2, 0) is 10.0 Å². The number of nitrogens with zero attached hydrogens (tertiary/aromatic N) is 1. The fourth-order valence-corrected chi connectivity index (χ4v) is 5.36. The lowest BCUT2D eigenvalue weighted by Crippen LogP contribution is -2.30. The third kappa shape index (κ3) is 3.45. The number of primary amides is 1. The highest BCUT2D eigenvalue weighted by molar-refractivity contribution is 7.89. The average molecular weight is 402 g/mol. The molecule has 0 saturated carbocycles. The van der Waals surface area contributed by atoms with Gasteiger partial charge in [0.15, 0.2) is 11.5 Å². The Hall–Kier alpha value is -2.58. The zero-order valence-electron chi connectivity index (χ0n) is 15.3. The fourth-order valence-electron chi connectivity index (χ4n) is 3.67. The molecule has 2 aromatic rings. The van der Waals surface area contributed by atoms with E-state index in [1.807, 2.05) is 18.2 Å². The molecule has 1 atom stereocenters. The molecule has 0 spiro atoms. The molecule has 8 heteroatoms. The number of nitrogens with two attached hydrogens (primary N) is 1. The van der Waals surface area contributed by atoms with Crippen molar-refractivity contribution in [2.24, 2.45) is 5.73 Å². The molecule has 1 unspecified atom stereocenters. The molecular weight excluding hydrogens is 380 g/mol. The number of amides is 1. The zero-order valence-corrected chi connectivity index (χ0v) is 16.2. The number of rotatable bonds is 4. The Morgan fingerprint density at radius 1 is 1.00 bits per heavy atom. The Morgan fingerprint density at radius 2 is 1.71 bits per heavy atom. The SMILES string of the molecule is NC(=O)c1ccc(S(=O)(=O)N2CCCC2c2ccc3c(c2)OCCCO3)cc1. The molecule has 0 bridgehead atoms. The monoisotopic (exact) mass is 402 g/mol. The van der Waals surface area contributed by atoms with Gasteiger partial charge >= 0.3 is 0 Å². The van der Waals surface area contributed by atoms with Gasteiger partial charge in [0.1, 0.15) is 0 Å². The second kappa shape index (κ2) is 7.44. The number of hydrogen-bond donors (Lipinski definition) is 1. The van der Waals surface area contributed by atoms with Crippen molar-refractivity contribution in [3.63, 3.8) is 0 Å². The molecule has 2 aliphatic rings.